The molecule has 0 unspecified atom stereocenters. The third-order valence-corrected chi connectivity index (χ3v) is 8.54. The average molecular weight is 363 g/mol. The molecule has 146 valence electrons. The Hall–Kier alpha value is -0.200. The summed E-state index contributed by atoms with van der Waals surface area (Å²) in [5, 5.41) is 3.45. The van der Waals surface area contributed by atoms with Gasteiger partial charge in [-0.2, -0.15) is 9.78 Å². The van der Waals surface area contributed by atoms with Crippen LogP contribution in [0.5, 0.6) is 0 Å². The van der Waals surface area contributed by atoms with E-state index in [9.17, 15) is 0 Å². The van der Waals surface area contributed by atoms with Crippen LogP contribution >= 0.6 is 0 Å². The van der Waals surface area contributed by atoms with Crippen molar-refractivity contribution in [3.8, 4) is 0 Å². The summed E-state index contributed by atoms with van der Waals surface area (Å²) in [4.78, 5) is 14.8. The fraction of sp³-hybridized carbons (Fsp3) is 1.00. The normalized spacial score (nSPS) is 53.8. The molecule has 0 atom stereocenters. The lowest BCUT2D eigenvalue weighted by molar-refractivity contribution is -0.390. The first-order chi connectivity index (χ1) is 12.7. The van der Waals surface area contributed by atoms with Crippen molar-refractivity contribution in [3.05, 3.63) is 0 Å². The van der Waals surface area contributed by atoms with Crippen LogP contribution in [0.4, 0.5) is 0 Å². The van der Waals surface area contributed by atoms with E-state index in [2.05, 4.69) is 10.2 Å². The zero-order valence-electron chi connectivity index (χ0n) is 16.0. The quantitative estimate of drug-likeness (QED) is 0.765. The van der Waals surface area contributed by atoms with Gasteiger partial charge in [-0.1, -0.05) is 0 Å². The standard InChI is InChI=1S/C21H34N2O3/c1-3-20(4-2-15(1)14-23-7-5-22-6-8-23)24-21(26-25-20)18-10-16-9-17(12-18)13-19(21)11-16/h15-19,22H,1-14H2. The van der Waals surface area contributed by atoms with Gasteiger partial charge < -0.3 is 15.0 Å². The van der Waals surface area contributed by atoms with E-state index in [-0.39, 0.29) is 0 Å². The molecule has 26 heavy (non-hydrogen) atoms. The molecule has 5 nitrogen and oxygen atoms in total. The predicted octanol–water partition coefficient (Wildman–Crippen LogP) is 2.91. The number of ether oxygens (including phenoxy) is 1. The molecule has 2 saturated heterocycles. The van der Waals surface area contributed by atoms with Crippen LogP contribution < -0.4 is 5.32 Å². The summed E-state index contributed by atoms with van der Waals surface area (Å²) < 4.78 is 6.82. The van der Waals surface area contributed by atoms with E-state index in [1.54, 1.807) is 0 Å². The van der Waals surface area contributed by atoms with Gasteiger partial charge in [0, 0.05) is 57.4 Å². The highest BCUT2D eigenvalue weighted by Gasteiger charge is 2.66. The minimum atomic E-state index is -0.435. The van der Waals surface area contributed by atoms with Crippen molar-refractivity contribution in [2.24, 2.45) is 29.6 Å². The third-order valence-electron chi connectivity index (χ3n) is 8.54. The number of hydrogen-bond donors (Lipinski definition) is 1. The summed E-state index contributed by atoms with van der Waals surface area (Å²) in [6.45, 7) is 5.94. The number of nitrogens with one attached hydrogen (secondary N) is 1. The second kappa shape index (κ2) is 6.15. The Labute approximate surface area is 157 Å². The maximum atomic E-state index is 6.82. The van der Waals surface area contributed by atoms with Crippen LogP contribution in [-0.4, -0.2) is 49.2 Å². The first-order valence-electron chi connectivity index (χ1n) is 11.2. The van der Waals surface area contributed by atoms with Crippen molar-refractivity contribution < 1.29 is 14.5 Å². The predicted molar refractivity (Wildman–Crippen MR) is 97.0 cm³/mol. The Balaban J connectivity index is 1.10. The molecule has 2 heterocycles. The van der Waals surface area contributed by atoms with Gasteiger partial charge in [-0.25, -0.2) is 0 Å². The molecule has 5 heteroatoms. The lowest BCUT2D eigenvalue weighted by Crippen LogP contribution is -2.59. The molecule has 2 spiro atoms. The second-order valence-electron chi connectivity index (χ2n) is 10.2. The molecule has 0 aromatic carbocycles. The number of hydrogen-bond acceptors (Lipinski definition) is 5. The summed E-state index contributed by atoms with van der Waals surface area (Å²) in [5.41, 5.74) is 0. The molecule has 0 aromatic rings. The van der Waals surface area contributed by atoms with Crippen LogP contribution in [0.25, 0.3) is 0 Å². The molecule has 7 aliphatic rings. The summed E-state index contributed by atoms with van der Waals surface area (Å²) in [7, 11) is 0. The molecule has 5 aliphatic carbocycles. The number of rotatable bonds is 2. The Morgan fingerprint density at radius 2 is 1.50 bits per heavy atom. The van der Waals surface area contributed by atoms with E-state index in [1.165, 1.54) is 64.6 Å². The van der Waals surface area contributed by atoms with E-state index in [0.29, 0.717) is 11.8 Å². The maximum absolute atomic E-state index is 6.82. The highest BCUT2D eigenvalue weighted by Crippen LogP contribution is 2.63. The Morgan fingerprint density at radius 3 is 2.15 bits per heavy atom. The van der Waals surface area contributed by atoms with Gasteiger partial charge in [0.1, 0.15) is 0 Å². The zero-order valence-corrected chi connectivity index (χ0v) is 16.0. The van der Waals surface area contributed by atoms with E-state index >= 15 is 0 Å². The first-order valence-corrected chi connectivity index (χ1v) is 11.2. The van der Waals surface area contributed by atoms with Crippen LogP contribution in [-0.2, 0) is 14.5 Å². The number of nitrogens with zero attached hydrogens (tertiary/aromatic N) is 1. The largest absolute Gasteiger partial charge is 0.314 e. The molecule has 7 fully saturated rings. The van der Waals surface area contributed by atoms with Crippen molar-refractivity contribution in [2.75, 3.05) is 32.7 Å². The molecule has 0 radical (unpaired) electrons. The summed E-state index contributed by atoms with van der Waals surface area (Å²) in [6.07, 6.45) is 11.1. The molecular formula is C21H34N2O3. The van der Waals surface area contributed by atoms with Crippen molar-refractivity contribution in [3.63, 3.8) is 0 Å². The van der Waals surface area contributed by atoms with Gasteiger partial charge in [0.2, 0.25) is 11.6 Å². The molecule has 1 N–H and O–H groups in total. The van der Waals surface area contributed by atoms with E-state index in [1.807, 2.05) is 0 Å². The van der Waals surface area contributed by atoms with E-state index in [0.717, 1.165) is 43.7 Å². The SMILES string of the molecule is C1CN(CC2CCC3(CC2)OOC2(O3)C3CC4CC(C3)CC2C4)CCN1. The zero-order chi connectivity index (χ0) is 17.2. The van der Waals surface area contributed by atoms with Crippen LogP contribution in [0.3, 0.4) is 0 Å². The van der Waals surface area contributed by atoms with Gasteiger partial charge in [-0.15, -0.1) is 0 Å². The molecule has 4 bridgehead atoms. The molecule has 2 aliphatic heterocycles. The molecule has 7 rings (SSSR count). The van der Waals surface area contributed by atoms with Gasteiger partial charge >= 0.3 is 0 Å². The lowest BCUT2D eigenvalue weighted by atomic mass is 9.53. The lowest BCUT2D eigenvalue weighted by Gasteiger charge is -2.57. The Bertz CT molecular complexity index is 511. The van der Waals surface area contributed by atoms with Crippen molar-refractivity contribution in [1.29, 1.82) is 0 Å². The monoisotopic (exact) mass is 362 g/mol. The van der Waals surface area contributed by atoms with Gasteiger partial charge in [-0.05, 0) is 62.7 Å². The van der Waals surface area contributed by atoms with Crippen molar-refractivity contribution in [2.45, 2.75) is 69.4 Å². The molecule has 5 saturated carbocycles. The summed E-state index contributed by atoms with van der Waals surface area (Å²) in [5.74, 6) is 2.99. The van der Waals surface area contributed by atoms with E-state index in [4.69, 9.17) is 14.5 Å². The molecular weight excluding hydrogens is 328 g/mol. The fourth-order valence-electron chi connectivity index (χ4n) is 7.35. The topological polar surface area (TPSA) is 43.0 Å². The highest BCUT2D eigenvalue weighted by atomic mass is 17.3. The van der Waals surface area contributed by atoms with Crippen molar-refractivity contribution in [1.82, 2.24) is 10.2 Å². The van der Waals surface area contributed by atoms with Gasteiger partial charge in [0.15, 0.2) is 0 Å². The van der Waals surface area contributed by atoms with Gasteiger partial charge in [-0.3, -0.25) is 0 Å². The first kappa shape index (κ1) is 16.7. The van der Waals surface area contributed by atoms with Crippen LogP contribution in [0.2, 0.25) is 0 Å². The summed E-state index contributed by atoms with van der Waals surface area (Å²) >= 11 is 0. The highest BCUT2D eigenvalue weighted by molar-refractivity contribution is 5.05. The Morgan fingerprint density at radius 1 is 0.846 bits per heavy atom. The van der Waals surface area contributed by atoms with E-state index < -0.39 is 11.6 Å². The van der Waals surface area contributed by atoms with Crippen molar-refractivity contribution >= 4 is 0 Å². The fourth-order valence-corrected chi connectivity index (χ4v) is 7.35. The average Bonchev–Trinajstić information content (AvgIpc) is 3.03. The maximum Gasteiger partial charge on any atom is 0.210 e. The van der Waals surface area contributed by atoms with Crippen LogP contribution in [0, 0.1) is 29.6 Å². The van der Waals surface area contributed by atoms with Gasteiger partial charge in [0.25, 0.3) is 0 Å². The minimum Gasteiger partial charge on any atom is -0.314 e. The smallest absolute Gasteiger partial charge is 0.210 e. The Kier molecular flexibility index (Phi) is 3.96. The second-order valence-corrected chi connectivity index (χ2v) is 10.2. The van der Waals surface area contributed by atoms with Crippen LogP contribution in [0.1, 0.15) is 57.8 Å². The minimum absolute atomic E-state index is 0.390. The molecule has 0 amide bonds. The number of piperazine rings is 1. The molecule has 0 aromatic heterocycles. The third kappa shape index (κ3) is 2.61. The summed E-state index contributed by atoms with van der Waals surface area (Å²) in [6, 6.07) is 0. The van der Waals surface area contributed by atoms with Crippen LogP contribution in [0.15, 0.2) is 0 Å². The van der Waals surface area contributed by atoms with Gasteiger partial charge in [0.05, 0.1) is 0 Å².